The highest BCUT2D eigenvalue weighted by molar-refractivity contribution is 6.17. The van der Waals surface area contributed by atoms with Crippen LogP contribution >= 0.6 is 0 Å². The average molecular weight is 1010 g/mol. The van der Waals surface area contributed by atoms with Gasteiger partial charge in [0.05, 0.1) is 97.1 Å². The van der Waals surface area contributed by atoms with E-state index in [1.54, 1.807) is 150 Å². The van der Waals surface area contributed by atoms with Crippen molar-refractivity contribution in [2.24, 2.45) is 0 Å². The van der Waals surface area contributed by atoms with Gasteiger partial charge in [0, 0.05) is 54.2 Å². The van der Waals surface area contributed by atoms with E-state index in [1.165, 1.54) is 0 Å². The lowest BCUT2D eigenvalue weighted by molar-refractivity contribution is 1.01. The molecule has 5 aromatic heterocycles. The van der Waals surface area contributed by atoms with Crippen LogP contribution in [0.3, 0.4) is 0 Å². The van der Waals surface area contributed by atoms with Gasteiger partial charge in [-0.25, -0.2) is 15.0 Å². The van der Waals surface area contributed by atoms with Crippen LogP contribution in [0.15, 0.2) is 254 Å². The maximum absolute atomic E-state index is 13.1. The van der Waals surface area contributed by atoms with Crippen molar-refractivity contribution in [3.63, 3.8) is 0 Å². The van der Waals surface area contributed by atoms with Crippen molar-refractivity contribution >= 4 is 87.2 Å². The van der Waals surface area contributed by atoms with E-state index < -0.39 is 89.0 Å². The lowest BCUT2D eigenvalue weighted by Gasteiger charge is -2.29. The number of para-hydroxylation sites is 8. The van der Waals surface area contributed by atoms with Crippen LogP contribution in [0, 0.1) is 11.3 Å². The third-order valence-electron chi connectivity index (χ3n) is 14.5. The number of hydrogen-bond donors (Lipinski definition) is 0. The molecule has 0 unspecified atom stereocenters. The van der Waals surface area contributed by atoms with E-state index in [1.807, 2.05) is 13.7 Å². The fourth-order valence-corrected chi connectivity index (χ4v) is 11.5. The molecule has 0 saturated heterocycles. The SMILES string of the molecule is [2H]c1ccc2c(c1)c1cc([2H])ccc1n2-c1c(C#N)c(-n2c3ccc([2H])cc3c3cc([2H])ccc32)c(-n2c3ccc([2H])cc3c3cc([2H])ccc32)c(-n2c3ccc([2H])cc3c3cc([2H])ccc32)c1-c1nc(-c2c([2H])c([2H])c([2H])c([2H])c2[2H])nc(-c2c([2H])c([2H])c([2H])c([2H])c2[2H])n1. The molecule has 0 amide bonds. The molecule has 0 spiro atoms. The Morgan fingerprint density at radius 2 is 0.564 bits per heavy atom. The molecule has 0 saturated carbocycles. The second-order valence-corrected chi connectivity index (χ2v) is 18.5. The van der Waals surface area contributed by atoms with Crippen LogP contribution in [0.1, 0.15) is 30.2 Å². The van der Waals surface area contributed by atoms with Crippen LogP contribution in [-0.4, -0.2) is 33.2 Å². The maximum atomic E-state index is 13.1. The monoisotopic (exact) mass is 1010 g/mol. The molecule has 16 aromatic rings. The van der Waals surface area contributed by atoms with Gasteiger partial charge in [0.25, 0.3) is 0 Å². The lowest BCUT2D eigenvalue weighted by Crippen LogP contribution is -2.17. The quantitative estimate of drug-likeness (QED) is 0.159. The highest BCUT2D eigenvalue weighted by Crippen LogP contribution is 2.51. The summed E-state index contributed by atoms with van der Waals surface area (Å²) < 4.78 is 171. The predicted molar refractivity (Wildman–Crippen MR) is 318 cm³/mol. The number of benzene rings is 11. The Bertz CT molecular complexity index is 5920. The zero-order valence-corrected chi connectivity index (χ0v) is 40.4. The summed E-state index contributed by atoms with van der Waals surface area (Å²) in [5, 5.41) is 16.9. The molecule has 0 radical (unpaired) electrons. The Balaban J connectivity index is 1.30. The van der Waals surface area contributed by atoms with Crippen molar-refractivity contribution in [1.29, 1.82) is 5.26 Å². The first-order valence-electron chi connectivity index (χ1n) is 33.7. The first-order valence-corrected chi connectivity index (χ1v) is 24.7. The minimum atomic E-state index is -0.794. The van der Waals surface area contributed by atoms with Gasteiger partial charge in [0.2, 0.25) is 0 Å². The zero-order valence-electron chi connectivity index (χ0n) is 58.4. The highest BCUT2D eigenvalue weighted by Gasteiger charge is 2.36. The van der Waals surface area contributed by atoms with Crippen molar-refractivity contribution < 1.29 is 24.7 Å². The molecule has 0 fully saturated rings. The van der Waals surface area contributed by atoms with E-state index in [4.69, 9.17) is 34.1 Å². The molecule has 8 nitrogen and oxygen atoms in total. The van der Waals surface area contributed by atoms with Crippen molar-refractivity contribution in [2.75, 3.05) is 0 Å². The van der Waals surface area contributed by atoms with Crippen molar-refractivity contribution in [2.45, 2.75) is 0 Å². The number of nitrogens with zero attached hydrogens (tertiary/aromatic N) is 8. The van der Waals surface area contributed by atoms with E-state index in [-0.39, 0.29) is 82.2 Å². The maximum Gasteiger partial charge on any atom is 0.168 e. The van der Waals surface area contributed by atoms with Gasteiger partial charge in [-0.15, -0.1) is 0 Å². The minimum Gasteiger partial charge on any atom is -0.307 e. The van der Waals surface area contributed by atoms with Crippen LogP contribution in [0.4, 0.5) is 0 Å². The summed E-state index contributed by atoms with van der Waals surface area (Å²) in [4.78, 5) is 15.2. The highest BCUT2D eigenvalue weighted by atomic mass is 15.1. The molecule has 0 atom stereocenters. The molecule has 362 valence electrons. The summed E-state index contributed by atoms with van der Waals surface area (Å²) >= 11 is 0. The summed E-state index contributed by atoms with van der Waals surface area (Å²) in [5.74, 6) is -1.76. The molecule has 0 N–H and O–H groups in total. The number of fused-ring (bicyclic) bond motifs is 12. The first-order chi connectivity index (χ1) is 46.0. The Morgan fingerprint density at radius 1 is 0.295 bits per heavy atom. The van der Waals surface area contributed by atoms with Crippen LogP contribution in [0.5, 0.6) is 0 Å². The van der Waals surface area contributed by atoms with Crippen molar-refractivity contribution in [3.8, 4) is 63.0 Å². The third kappa shape index (κ3) is 6.24. The number of nitriles is 1. The van der Waals surface area contributed by atoms with Gasteiger partial charge < -0.3 is 18.3 Å². The van der Waals surface area contributed by atoms with E-state index in [0.29, 0.717) is 87.2 Å². The van der Waals surface area contributed by atoms with Crippen LogP contribution in [-0.2, 0) is 0 Å². The molecule has 0 bridgehead atoms. The topological polar surface area (TPSA) is 82.2 Å². The summed E-state index contributed by atoms with van der Waals surface area (Å²) in [6.07, 6.45) is 0. The molecule has 16 rings (SSSR count). The molecule has 0 aliphatic heterocycles. The fourth-order valence-electron chi connectivity index (χ4n) is 11.5. The van der Waals surface area contributed by atoms with Gasteiger partial charge in [-0.2, -0.15) is 5.26 Å². The van der Waals surface area contributed by atoms with Crippen LogP contribution in [0.2, 0.25) is 0 Å². The molecular weight excluding hydrogens is 953 g/mol. The van der Waals surface area contributed by atoms with E-state index in [9.17, 15) is 10.7 Å². The van der Waals surface area contributed by atoms with E-state index in [2.05, 4.69) is 6.07 Å². The summed E-state index contributed by atoms with van der Waals surface area (Å²) in [6, 6.07) is 34.9. The van der Waals surface area contributed by atoms with Gasteiger partial charge >= 0.3 is 0 Å². The van der Waals surface area contributed by atoms with Gasteiger partial charge in [-0.1, -0.05) is 206 Å². The fraction of sp³-hybridized carbons (Fsp3) is 0. The molecule has 0 aliphatic carbocycles. The van der Waals surface area contributed by atoms with Gasteiger partial charge in [-0.05, 0) is 48.5 Å². The number of hydrogen-bond acceptors (Lipinski definition) is 4. The summed E-state index contributed by atoms with van der Waals surface area (Å²) in [6.45, 7) is 0. The van der Waals surface area contributed by atoms with Crippen LogP contribution in [0.25, 0.3) is 144 Å². The minimum absolute atomic E-state index is 0.0526. The largest absolute Gasteiger partial charge is 0.307 e. The molecule has 8 heteroatoms. The Kier molecular flexibility index (Phi) is 6.41. The number of rotatable bonds is 7. The second-order valence-electron chi connectivity index (χ2n) is 18.5. The van der Waals surface area contributed by atoms with E-state index >= 15 is 0 Å². The zero-order chi connectivity index (χ0) is 67.1. The normalized spacial score (nSPS) is 15.1. The Hall–Kier alpha value is -10.9. The molecule has 5 heterocycles. The van der Waals surface area contributed by atoms with Crippen molar-refractivity contribution in [3.05, 3.63) is 260 Å². The second kappa shape index (κ2) is 17.1. The molecule has 0 aliphatic rings. The van der Waals surface area contributed by atoms with Gasteiger partial charge in [-0.3, -0.25) is 0 Å². The molecule has 11 aromatic carbocycles. The predicted octanol–water partition coefficient (Wildman–Crippen LogP) is 17.1. The summed E-state index contributed by atoms with van der Waals surface area (Å²) in [7, 11) is 0. The van der Waals surface area contributed by atoms with Gasteiger partial charge in [0.1, 0.15) is 11.6 Å². The molecular formula is C70H42N8. The number of aromatic nitrogens is 7. The smallest absolute Gasteiger partial charge is 0.168 e. The van der Waals surface area contributed by atoms with Crippen LogP contribution < -0.4 is 0 Å². The standard InChI is InChI=1S/C70H42N8/c71-43-54-64(75-55-35-15-7-27-46(55)47-28-8-16-36-56(47)75)63(70-73-68(44-23-3-1-4-24-44)72-69(74-70)45-25-5-2-6-26-45)66(77-59-39-19-11-31-50(59)51-32-12-20-40-60(51)77)67(78-61-41-21-13-33-52(61)53-34-14-22-42-62(53)78)65(54)76-57-37-17-9-29-48(57)49-30-10-18-38-58(49)76/h1-42H/i1D,2D,3D,4D,5D,6D,7D,8D,9D,10D,11D,12D,13D,14D,23D,24D,25D,26D. The molecule has 78 heavy (non-hydrogen) atoms. The van der Waals surface area contributed by atoms with Crippen molar-refractivity contribution in [1.82, 2.24) is 33.2 Å². The lowest BCUT2D eigenvalue weighted by atomic mass is 9.97. The Morgan fingerprint density at radius 3 is 0.872 bits per heavy atom. The average Bonchev–Trinajstić information content (AvgIpc) is 1.43. The Labute approximate surface area is 472 Å². The van der Waals surface area contributed by atoms with Gasteiger partial charge in [0.15, 0.2) is 17.5 Å². The first kappa shape index (κ1) is 29.3. The summed E-state index contributed by atoms with van der Waals surface area (Å²) in [5.41, 5.74) is 1.86. The van der Waals surface area contributed by atoms with E-state index in [0.717, 1.165) is 0 Å². The third-order valence-corrected chi connectivity index (χ3v) is 14.5.